The first-order valence-electron chi connectivity index (χ1n) is 11.9. The summed E-state index contributed by atoms with van der Waals surface area (Å²) in [7, 11) is 1.64. The number of aromatic nitrogens is 2. The summed E-state index contributed by atoms with van der Waals surface area (Å²) >= 11 is 0. The van der Waals surface area contributed by atoms with E-state index in [1.807, 2.05) is 30.5 Å². The van der Waals surface area contributed by atoms with Gasteiger partial charge >= 0.3 is 0 Å². The number of hydrogen-bond acceptors (Lipinski definition) is 4. The second-order valence-electron chi connectivity index (χ2n) is 9.37. The first-order chi connectivity index (χ1) is 16.2. The molecule has 1 aromatic heterocycles. The lowest BCUT2D eigenvalue weighted by atomic mass is 9.69. The Labute approximate surface area is 195 Å². The van der Waals surface area contributed by atoms with Gasteiger partial charge in [0.15, 0.2) is 0 Å². The van der Waals surface area contributed by atoms with E-state index >= 15 is 0 Å². The van der Waals surface area contributed by atoms with Gasteiger partial charge < -0.3 is 10.1 Å². The summed E-state index contributed by atoms with van der Waals surface area (Å²) in [6, 6.07) is 16.7. The average Bonchev–Trinajstić information content (AvgIpc) is 3.46. The third kappa shape index (κ3) is 5.11. The van der Waals surface area contributed by atoms with Crippen molar-refractivity contribution in [1.82, 2.24) is 15.1 Å². The van der Waals surface area contributed by atoms with E-state index in [9.17, 15) is 4.79 Å². The predicted octanol–water partition coefficient (Wildman–Crippen LogP) is 4.86. The molecule has 2 N–H and O–H groups in total. The van der Waals surface area contributed by atoms with Crippen LogP contribution in [0, 0.1) is 0 Å². The van der Waals surface area contributed by atoms with E-state index in [0.29, 0.717) is 18.3 Å². The molecular formula is C27H32N4O2. The molecule has 2 fully saturated rings. The van der Waals surface area contributed by atoms with Crippen LogP contribution in [0.2, 0.25) is 0 Å². The lowest BCUT2D eigenvalue weighted by Gasteiger charge is -2.36. The third-order valence-corrected chi connectivity index (χ3v) is 7.06. The minimum atomic E-state index is -0.0452. The van der Waals surface area contributed by atoms with Crippen molar-refractivity contribution >= 4 is 11.7 Å². The lowest BCUT2D eigenvalue weighted by Crippen LogP contribution is -2.23. The molecule has 0 radical (unpaired) electrons. The molecule has 1 saturated heterocycles. The first kappa shape index (κ1) is 21.7. The Morgan fingerprint density at radius 1 is 1.09 bits per heavy atom. The largest absolute Gasteiger partial charge is 0.497 e. The van der Waals surface area contributed by atoms with Crippen LogP contribution >= 0.6 is 0 Å². The molecule has 33 heavy (non-hydrogen) atoms. The highest BCUT2D eigenvalue weighted by atomic mass is 16.5. The summed E-state index contributed by atoms with van der Waals surface area (Å²) in [5.41, 5.74) is 4.93. The summed E-state index contributed by atoms with van der Waals surface area (Å²) in [6.07, 6.45) is 7.02. The van der Waals surface area contributed by atoms with Gasteiger partial charge in [0.25, 0.3) is 0 Å². The number of ether oxygens (including phenoxy) is 1. The number of amides is 1. The van der Waals surface area contributed by atoms with Gasteiger partial charge in [-0.05, 0) is 79.4 Å². The van der Waals surface area contributed by atoms with Gasteiger partial charge in [-0.1, -0.05) is 36.4 Å². The van der Waals surface area contributed by atoms with Crippen LogP contribution in [-0.2, 0) is 17.8 Å². The van der Waals surface area contributed by atoms with Crippen LogP contribution in [0.4, 0.5) is 5.82 Å². The Kier molecular flexibility index (Phi) is 6.44. The van der Waals surface area contributed by atoms with Crippen molar-refractivity contribution in [1.29, 1.82) is 0 Å². The number of H-pyrrole nitrogens is 1. The SMILES string of the molecule is COc1ccc(CC(=O)Nc2[nH]ncc2C2CC(c3cccc(CN4CCCC4)c3)C2)cc1. The van der Waals surface area contributed by atoms with E-state index in [-0.39, 0.29) is 5.91 Å². The van der Waals surface area contributed by atoms with Gasteiger partial charge in [-0.15, -0.1) is 0 Å². The van der Waals surface area contributed by atoms with Gasteiger partial charge in [0.2, 0.25) is 5.91 Å². The second-order valence-corrected chi connectivity index (χ2v) is 9.37. The van der Waals surface area contributed by atoms with Crippen molar-refractivity contribution in [3.63, 3.8) is 0 Å². The van der Waals surface area contributed by atoms with E-state index in [4.69, 9.17) is 4.74 Å². The lowest BCUT2D eigenvalue weighted by molar-refractivity contribution is -0.115. The van der Waals surface area contributed by atoms with Gasteiger partial charge in [0.1, 0.15) is 11.6 Å². The van der Waals surface area contributed by atoms with Gasteiger partial charge in [-0.3, -0.25) is 14.8 Å². The molecule has 6 nitrogen and oxygen atoms in total. The van der Waals surface area contributed by atoms with E-state index in [2.05, 4.69) is 44.7 Å². The Balaban J connectivity index is 1.16. The number of aromatic amines is 1. The monoisotopic (exact) mass is 444 g/mol. The topological polar surface area (TPSA) is 70.2 Å². The molecule has 1 saturated carbocycles. The minimum Gasteiger partial charge on any atom is -0.497 e. The Bertz CT molecular complexity index is 1080. The zero-order valence-corrected chi connectivity index (χ0v) is 19.2. The number of hydrogen-bond donors (Lipinski definition) is 2. The Hall–Kier alpha value is -3.12. The fourth-order valence-electron chi connectivity index (χ4n) is 5.11. The zero-order chi connectivity index (χ0) is 22.6. The highest BCUT2D eigenvalue weighted by Crippen LogP contribution is 2.49. The molecule has 3 aromatic rings. The van der Waals surface area contributed by atoms with Gasteiger partial charge in [0, 0.05) is 12.1 Å². The van der Waals surface area contributed by atoms with E-state index in [1.54, 1.807) is 7.11 Å². The van der Waals surface area contributed by atoms with E-state index in [1.165, 1.54) is 37.1 Å². The van der Waals surface area contributed by atoms with Crippen molar-refractivity contribution in [2.75, 3.05) is 25.5 Å². The van der Waals surface area contributed by atoms with E-state index in [0.717, 1.165) is 42.1 Å². The fourth-order valence-corrected chi connectivity index (χ4v) is 5.11. The molecule has 0 spiro atoms. The van der Waals surface area contributed by atoms with Crippen LogP contribution in [0.1, 0.15) is 59.8 Å². The summed E-state index contributed by atoms with van der Waals surface area (Å²) in [5, 5.41) is 10.2. The Morgan fingerprint density at radius 2 is 1.88 bits per heavy atom. The number of carbonyl (C=O) groups is 1. The van der Waals surface area contributed by atoms with Crippen molar-refractivity contribution < 1.29 is 9.53 Å². The molecule has 1 aliphatic heterocycles. The maximum Gasteiger partial charge on any atom is 0.229 e. The number of nitrogens with zero attached hydrogens (tertiary/aromatic N) is 2. The summed E-state index contributed by atoms with van der Waals surface area (Å²) < 4.78 is 5.18. The number of likely N-dealkylation sites (tertiary alicyclic amines) is 1. The molecule has 172 valence electrons. The minimum absolute atomic E-state index is 0.0452. The number of carbonyl (C=O) groups excluding carboxylic acids is 1. The molecule has 1 aliphatic carbocycles. The van der Waals surface area contributed by atoms with Crippen molar-refractivity contribution in [3.05, 3.63) is 77.0 Å². The van der Waals surface area contributed by atoms with Crippen LogP contribution < -0.4 is 10.1 Å². The van der Waals surface area contributed by atoms with Crippen LogP contribution in [-0.4, -0.2) is 41.2 Å². The van der Waals surface area contributed by atoms with Gasteiger partial charge in [-0.25, -0.2) is 0 Å². The van der Waals surface area contributed by atoms with Crippen LogP contribution in [0.15, 0.2) is 54.7 Å². The van der Waals surface area contributed by atoms with Crippen molar-refractivity contribution in [3.8, 4) is 5.75 Å². The van der Waals surface area contributed by atoms with Gasteiger partial charge in [0.05, 0.1) is 19.7 Å². The zero-order valence-electron chi connectivity index (χ0n) is 19.2. The normalized spacial score (nSPS) is 20.4. The van der Waals surface area contributed by atoms with Crippen molar-refractivity contribution in [2.24, 2.45) is 0 Å². The highest BCUT2D eigenvalue weighted by molar-refractivity contribution is 5.92. The molecular weight excluding hydrogens is 412 g/mol. The number of anilines is 1. The molecule has 1 amide bonds. The highest BCUT2D eigenvalue weighted by Gasteiger charge is 2.34. The first-order valence-corrected chi connectivity index (χ1v) is 11.9. The molecule has 2 aliphatic rings. The van der Waals surface area contributed by atoms with Crippen LogP contribution in [0.3, 0.4) is 0 Å². The molecule has 0 atom stereocenters. The standard InChI is InChI=1S/C27H32N4O2/c1-33-24-9-7-19(8-10-24)14-26(32)29-27-25(17-28-30-27)23-15-22(16-23)21-6-4-5-20(13-21)18-31-11-2-3-12-31/h4-10,13,17,22-23H,2-3,11-12,14-16,18H2,1H3,(H2,28,29,30,32). The number of rotatable bonds is 8. The van der Waals surface area contributed by atoms with Crippen molar-refractivity contribution in [2.45, 2.75) is 50.5 Å². The van der Waals surface area contributed by atoms with Gasteiger partial charge in [-0.2, -0.15) is 5.10 Å². The summed E-state index contributed by atoms with van der Waals surface area (Å²) in [4.78, 5) is 15.1. The molecule has 2 heterocycles. The smallest absolute Gasteiger partial charge is 0.229 e. The second kappa shape index (κ2) is 9.79. The fraction of sp³-hybridized carbons (Fsp3) is 0.407. The summed E-state index contributed by atoms with van der Waals surface area (Å²) in [5.74, 6) is 2.48. The maximum absolute atomic E-state index is 12.6. The predicted molar refractivity (Wildman–Crippen MR) is 130 cm³/mol. The molecule has 0 bridgehead atoms. The molecule has 5 rings (SSSR count). The molecule has 6 heteroatoms. The van der Waals surface area contributed by atoms with Crippen LogP contribution in [0.25, 0.3) is 0 Å². The Morgan fingerprint density at radius 3 is 2.64 bits per heavy atom. The number of methoxy groups -OCH3 is 1. The maximum atomic E-state index is 12.6. The number of nitrogens with one attached hydrogen (secondary N) is 2. The third-order valence-electron chi connectivity index (χ3n) is 7.06. The molecule has 0 unspecified atom stereocenters. The quantitative estimate of drug-likeness (QED) is 0.521. The van der Waals surface area contributed by atoms with Crippen LogP contribution in [0.5, 0.6) is 5.75 Å². The molecule has 2 aromatic carbocycles. The average molecular weight is 445 g/mol. The number of benzene rings is 2. The van der Waals surface area contributed by atoms with E-state index < -0.39 is 0 Å². The summed E-state index contributed by atoms with van der Waals surface area (Å²) in [6.45, 7) is 3.52.